The molecule has 1 aliphatic rings. The molecule has 150 valence electrons. The second-order valence-corrected chi connectivity index (χ2v) is 6.64. The molecular formula is C19H19F4N3O2. The lowest BCUT2D eigenvalue weighted by molar-refractivity contribution is -0.140. The van der Waals surface area contributed by atoms with E-state index in [1.807, 2.05) is 0 Å². The van der Waals surface area contributed by atoms with Gasteiger partial charge in [0.05, 0.1) is 31.4 Å². The smallest absolute Gasteiger partial charge is 0.435 e. The summed E-state index contributed by atoms with van der Waals surface area (Å²) in [5, 5.41) is 0.726. The Kier molecular flexibility index (Phi) is 4.88. The summed E-state index contributed by atoms with van der Waals surface area (Å²) < 4.78 is 67.8. The molecule has 0 radical (unpaired) electrons. The van der Waals surface area contributed by atoms with Crippen molar-refractivity contribution in [2.24, 2.45) is 0 Å². The van der Waals surface area contributed by atoms with E-state index in [0.29, 0.717) is 43.6 Å². The summed E-state index contributed by atoms with van der Waals surface area (Å²) in [5.41, 5.74) is -1.02. The van der Waals surface area contributed by atoms with Crippen molar-refractivity contribution in [3.05, 3.63) is 35.9 Å². The maximum atomic E-state index is 15.1. The molecule has 1 aromatic carbocycles. The van der Waals surface area contributed by atoms with Crippen LogP contribution in [0, 0.1) is 5.82 Å². The average Bonchev–Trinajstić information content (AvgIpc) is 3.01. The summed E-state index contributed by atoms with van der Waals surface area (Å²) in [4.78, 5) is 5.65. The van der Waals surface area contributed by atoms with Crippen molar-refractivity contribution < 1.29 is 27.0 Å². The lowest BCUT2D eigenvalue weighted by Crippen LogP contribution is -2.38. The van der Waals surface area contributed by atoms with Gasteiger partial charge >= 0.3 is 6.18 Å². The van der Waals surface area contributed by atoms with Crippen LogP contribution in [0.1, 0.15) is 5.69 Å². The Morgan fingerprint density at radius 1 is 1.07 bits per heavy atom. The molecule has 9 heteroatoms. The number of fused-ring (bicyclic) bond motifs is 3. The molecule has 0 spiro atoms. The quantitative estimate of drug-likeness (QED) is 0.630. The number of ether oxygens (including phenoxy) is 2. The van der Waals surface area contributed by atoms with Crippen LogP contribution in [0.25, 0.3) is 21.8 Å². The number of halogens is 4. The van der Waals surface area contributed by atoms with Crippen LogP contribution in [0.4, 0.5) is 17.6 Å². The maximum Gasteiger partial charge on any atom is 0.435 e. The number of alkyl halides is 3. The minimum atomic E-state index is -4.65. The molecule has 0 unspecified atom stereocenters. The van der Waals surface area contributed by atoms with E-state index in [2.05, 4.69) is 9.88 Å². The Morgan fingerprint density at radius 2 is 1.79 bits per heavy atom. The molecule has 1 fully saturated rings. The van der Waals surface area contributed by atoms with Crippen molar-refractivity contribution in [3.8, 4) is 5.75 Å². The number of hydrogen-bond donors (Lipinski definition) is 0. The SMILES string of the molecule is COc1ccc2c3ccnc(C(F)(F)F)c3n(CCN3CCOCC3)c2c1F. The van der Waals surface area contributed by atoms with Crippen molar-refractivity contribution in [1.82, 2.24) is 14.5 Å². The number of pyridine rings is 1. The van der Waals surface area contributed by atoms with E-state index in [1.54, 1.807) is 6.07 Å². The van der Waals surface area contributed by atoms with Gasteiger partial charge in [0, 0.05) is 43.1 Å². The van der Waals surface area contributed by atoms with Crippen LogP contribution in [0.15, 0.2) is 24.4 Å². The second-order valence-electron chi connectivity index (χ2n) is 6.64. The van der Waals surface area contributed by atoms with Gasteiger partial charge in [-0.3, -0.25) is 4.90 Å². The van der Waals surface area contributed by atoms with Gasteiger partial charge < -0.3 is 14.0 Å². The predicted octanol–water partition coefficient (Wildman–Crippen LogP) is 3.69. The molecule has 0 N–H and O–H groups in total. The number of aromatic nitrogens is 2. The highest BCUT2D eigenvalue weighted by molar-refractivity contribution is 6.09. The molecule has 1 aliphatic heterocycles. The second kappa shape index (κ2) is 7.21. The van der Waals surface area contributed by atoms with Crippen molar-refractivity contribution in [1.29, 1.82) is 0 Å². The Bertz CT molecular complexity index is 1010. The Hall–Kier alpha value is -2.39. The van der Waals surface area contributed by atoms with Crippen LogP contribution in [0.2, 0.25) is 0 Å². The number of rotatable bonds is 4. The third kappa shape index (κ3) is 3.18. The van der Waals surface area contributed by atoms with Gasteiger partial charge in [0.1, 0.15) is 0 Å². The Balaban J connectivity index is 1.93. The summed E-state index contributed by atoms with van der Waals surface area (Å²) in [7, 11) is 1.33. The first-order valence-electron chi connectivity index (χ1n) is 8.92. The minimum Gasteiger partial charge on any atom is -0.494 e. The first-order chi connectivity index (χ1) is 13.4. The van der Waals surface area contributed by atoms with Crippen LogP contribution in [-0.4, -0.2) is 54.4 Å². The van der Waals surface area contributed by atoms with Crippen LogP contribution >= 0.6 is 0 Å². The summed E-state index contributed by atoms with van der Waals surface area (Å²) >= 11 is 0. The molecule has 0 aliphatic carbocycles. The minimum absolute atomic E-state index is 0.00977. The molecule has 4 rings (SSSR count). The van der Waals surface area contributed by atoms with Crippen LogP contribution in [0.5, 0.6) is 5.75 Å². The summed E-state index contributed by atoms with van der Waals surface area (Å²) in [6.45, 7) is 3.19. The van der Waals surface area contributed by atoms with E-state index in [9.17, 15) is 13.2 Å². The lowest BCUT2D eigenvalue weighted by Gasteiger charge is -2.27. The fraction of sp³-hybridized carbons (Fsp3) is 0.421. The monoisotopic (exact) mass is 397 g/mol. The zero-order valence-corrected chi connectivity index (χ0v) is 15.2. The first kappa shape index (κ1) is 18.9. The highest BCUT2D eigenvalue weighted by Gasteiger charge is 2.37. The van der Waals surface area contributed by atoms with E-state index in [1.165, 1.54) is 23.8 Å². The molecule has 0 saturated carbocycles. The molecular weight excluding hydrogens is 378 g/mol. The van der Waals surface area contributed by atoms with E-state index < -0.39 is 17.7 Å². The molecule has 0 bridgehead atoms. The third-order valence-corrected chi connectivity index (χ3v) is 5.07. The van der Waals surface area contributed by atoms with E-state index >= 15 is 4.39 Å². The summed E-state index contributed by atoms with van der Waals surface area (Å²) in [6, 6.07) is 4.51. The number of nitrogens with zero attached hydrogens (tertiary/aromatic N) is 3. The van der Waals surface area contributed by atoms with Crippen molar-refractivity contribution in [2.45, 2.75) is 12.7 Å². The lowest BCUT2D eigenvalue weighted by atomic mass is 10.1. The maximum absolute atomic E-state index is 15.1. The number of benzene rings is 1. The topological polar surface area (TPSA) is 39.5 Å². The highest BCUT2D eigenvalue weighted by Crippen LogP contribution is 2.40. The molecule has 0 amide bonds. The van der Waals surface area contributed by atoms with Crippen LogP contribution < -0.4 is 4.74 Å². The van der Waals surface area contributed by atoms with Crippen molar-refractivity contribution in [3.63, 3.8) is 0 Å². The Labute approximate surface area is 158 Å². The highest BCUT2D eigenvalue weighted by atomic mass is 19.4. The fourth-order valence-corrected chi connectivity index (χ4v) is 3.74. The normalized spacial score (nSPS) is 16.2. The average molecular weight is 397 g/mol. The molecule has 5 nitrogen and oxygen atoms in total. The number of hydrogen-bond acceptors (Lipinski definition) is 4. The molecule has 1 saturated heterocycles. The summed E-state index contributed by atoms with van der Waals surface area (Å²) in [6.07, 6.45) is -3.54. The number of methoxy groups -OCH3 is 1. The molecule has 28 heavy (non-hydrogen) atoms. The van der Waals surface area contributed by atoms with Gasteiger partial charge in [-0.25, -0.2) is 9.37 Å². The molecule has 2 aromatic heterocycles. The summed E-state index contributed by atoms with van der Waals surface area (Å²) in [5.74, 6) is -0.684. The zero-order chi connectivity index (χ0) is 19.9. The predicted molar refractivity (Wildman–Crippen MR) is 96.0 cm³/mol. The van der Waals surface area contributed by atoms with Gasteiger partial charge in [-0.05, 0) is 18.2 Å². The molecule has 0 atom stereocenters. The van der Waals surface area contributed by atoms with Crippen molar-refractivity contribution >= 4 is 21.8 Å². The standard InChI is InChI=1S/C19H19F4N3O2/c1-27-14-3-2-12-13-4-5-24-18(19(21,22)23)17(13)26(16(12)15(14)20)7-6-25-8-10-28-11-9-25/h2-5H,6-11H2,1H3. The van der Waals surface area contributed by atoms with E-state index in [4.69, 9.17) is 9.47 Å². The van der Waals surface area contributed by atoms with E-state index in [0.717, 1.165) is 6.20 Å². The van der Waals surface area contributed by atoms with Crippen LogP contribution in [0.3, 0.4) is 0 Å². The van der Waals surface area contributed by atoms with Gasteiger partial charge in [0.25, 0.3) is 0 Å². The zero-order valence-electron chi connectivity index (χ0n) is 15.2. The van der Waals surface area contributed by atoms with E-state index in [-0.39, 0.29) is 23.3 Å². The largest absolute Gasteiger partial charge is 0.494 e. The molecule has 3 aromatic rings. The van der Waals surface area contributed by atoms with Crippen molar-refractivity contribution in [2.75, 3.05) is 40.0 Å². The van der Waals surface area contributed by atoms with Crippen LogP contribution in [-0.2, 0) is 17.5 Å². The first-order valence-corrected chi connectivity index (χ1v) is 8.92. The van der Waals surface area contributed by atoms with Gasteiger partial charge in [-0.15, -0.1) is 0 Å². The Morgan fingerprint density at radius 3 is 2.46 bits per heavy atom. The third-order valence-electron chi connectivity index (χ3n) is 5.07. The fourth-order valence-electron chi connectivity index (χ4n) is 3.74. The molecule has 3 heterocycles. The van der Waals surface area contributed by atoms with Gasteiger partial charge in [-0.2, -0.15) is 13.2 Å². The van der Waals surface area contributed by atoms with Gasteiger partial charge in [0.15, 0.2) is 17.3 Å². The van der Waals surface area contributed by atoms with Gasteiger partial charge in [-0.1, -0.05) is 0 Å². The number of morpholine rings is 1. The van der Waals surface area contributed by atoms with Gasteiger partial charge in [0.2, 0.25) is 0 Å².